The Kier molecular flexibility index (Phi) is 7.49. The van der Waals surface area contributed by atoms with Crippen LogP contribution in [-0.4, -0.2) is 48.1 Å². The summed E-state index contributed by atoms with van der Waals surface area (Å²) in [4.78, 5) is 13.1. The Balaban J connectivity index is 1.87. The topological polar surface area (TPSA) is 52.6 Å². The predicted molar refractivity (Wildman–Crippen MR) is 104 cm³/mol. The molecule has 24 heavy (non-hydrogen) atoms. The second kappa shape index (κ2) is 9.37. The predicted octanol–water partition coefficient (Wildman–Crippen LogP) is 2.94. The normalized spacial score (nSPS) is 17.5. The standard InChI is InChI=1S/C18H33N5S/c1-6-19-18(20-11-17-14(4)21-15(5)24-17)22-16-7-9-23(10-8-16)12-13(2)3/h13,16H,6-12H2,1-5H3,(H2,19,20,22). The number of piperidine rings is 1. The van der Waals surface area contributed by atoms with Crippen LogP contribution in [0.5, 0.6) is 0 Å². The summed E-state index contributed by atoms with van der Waals surface area (Å²) in [6.07, 6.45) is 2.38. The molecule has 1 fully saturated rings. The first-order valence-electron chi connectivity index (χ1n) is 9.18. The average molecular weight is 352 g/mol. The van der Waals surface area contributed by atoms with Crippen LogP contribution in [0, 0.1) is 19.8 Å². The van der Waals surface area contributed by atoms with Crippen LogP contribution in [0.4, 0.5) is 0 Å². The van der Waals surface area contributed by atoms with Gasteiger partial charge in [0.25, 0.3) is 0 Å². The zero-order valence-corrected chi connectivity index (χ0v) is 16.7. The molecule has 6 heteroatoms. The van der Waals surface area contributed by atoms with Crippen LogP contribution >= 0.6 is 11.3 Å². The molecule has 0 amide bonds. The molecule has 5 nitrogen and oxygen atoms in total. The first-order chi connectivity index (χ1) is 11.5. The fraction of sp³-hybridized carbons (Fsp3) is 0.778. The first kappa shape index (κ1) is 19.2. The molecule has 136 valence electrons. The number of rotatable bonds is 6. The van der Waals surface area contributed by atoms with Gasteiger partial charge in [-0.25, -0.2) is 9.98 Å². The van der Waals surface area contributed by atoms with Gasteiger partial charge >= 0.3 is 0 Å². The number of nitrogens with zero attached hydrogens (tertiary/aromatic N) is 3. The minimum absolute atomic E-state index is 0.524. The van der Waals surface area contributed by atoms with Crippen LogP contribution in [0.15, 0.2) is 4.99 Å². The Bertz CT molecular complexity index is 530. The van der Waals surface area contributed by atoms with Gasteiger partial charge in [0.05, 0.1) is 17.2 Å². The largest absolute Gasteiger partial charge is 0.357 e. The summed E-state index contributed by atoms with van der Waals surface area (Å²) in [6, 6.07) is 0.524. The number of nitrogens with one attached hydrogen (secondary N) is 2. The molecule has 0 spiro atoms. The average Bonchev–Trinajstić information content (AvgIpc) is 2.84. The van der Waals surface area contributed by atoms with Crippen molar-refractivity contribution < 1.29 is 0 Å². The van der Waals surface area contributed by atoms with E-state index in [0.29, 0.717) is 12.6 Å². The van der Waals surface area contributed by atoms with Gasteiger partial charge in [-0.15, -0.1) is 11.3 Å². The lowest BCUT2D eigenvalue weighted by Crippen LogP contribution is -2.49. The van der Waals surface area contributed by atoms with Gasteiger partial charge in [0.15, 0.2) is 5.96 Å². The van der Waals surface area contributed by atoms with Crippen molar-refractivity contribution >= 4 is 17.3 Å². The highest BCUT2D eigenvalue weighted by Gasteiger charge is 2.20. The second-order valence-electron chi connectivity index (χ2n) is 7.05. The number of aliphatic imine (C=N–C) groups is 1. The molecule has 0 saturated carbocycles. The number of aromatic nitrogens is 1. The van der Waals surface area contributed by atoms with Crippen LogP contribution in [0.2, 0.25) is 0 Å². The molecular weight excluding hydrogens is 318 g/mol. The van der Waals surface area contributed by atoms with E-state index in [1.54, 1.807) is 11.3 Å². The number of guanidine groups is 1. The monoisotopic (exact) mass is 351 g/mol. The summed E-state index contributed by atoms with van der Waals surface area (Å²) in [6.45, 7) is 16.0. The number of hydrogen-bond donors (Lipinski definition) is 2. The number of hydrogen-bond acceptors (Lipinski definition) is 4. The van der Waals surface area contributed by atoms with Crippen LogP contribution in [-0.2, 0) is 6.54 Å². The van der Waals surface area contributed by atoms with Crippen LogP contribution < -0.4 is 10.6 Å². The molecule has 0 bridgehead atoms. The molecule has 1 aliphatic rings. The Morgan fingerprint density at radius 2 is 2.04 bits per heavy atom. The van der Waals surface area contributed by atoms with Gasteiger partial charge in [-0.2, -0.15) is 0 Å². The number of thiazole rings is 1. The van der Waals surface area contributed by atoms with E-state index in [1.807, 2.05) is 0 Å². The quantitative estimate of drug-likeness (QED) is 0.611. The van der Waals surface area contributed by atoms with Crippen molar-refractivity contribution in [2.24, 2.45) is 10.9 Å². The van der Waals surface area contributed by atoms with Crippen molar-refractivity contribution in [1.82, 2.24) is 20.5 Å². The van der Waals surface area contributed by atoms with E-state index in [-0.39, 0.29) is 0 Å². The zero-order chi connectivity index (χ0) is 17.5. The van der Waals surface area contributed by atoms with Gasteiger partial charge in [0.1, 0.15) is 0 Å². The molecule has 2 rings (SSSR count). The summed E-state index contributed by atoms with van der Waals surface area (Å²) in [5, 5.41) is 8.12. The van der Waals surface area contributed by atoms with Gasteiger partial charge in [-0.05, 0) is 39.5 Å². The molecule has 1 aromatic rings. The summed E-state index contributed by atoms with van der Waals surface area (Å²) >= 11 is 1.75. The third kappa shape index (κ3) is 6.06. The van der Waals surface area contributed by atoms with Gasteiger partial charge in [0, 0.05) is 37.1 Å². The molecular formula is C18H33N5S. The van der Waals surface area contributed by atoms with Crippen molar-refractivity contribution in [3.8, 4) is 0 Å². The molecule has 2 heterocycles. The Morgan fingerprint density at radius 3 is 2.58 bits per heavy atom. The molecule has 1 aromatic heterocycles. The van der Waals surface area contributed by atoms with Crippen molar-refractivity contribution in [2.75, 3.05) is 26.2 Å². The SMILES string of the molecule is CCNC(=NCc1sc(C)nc1C)NC1CCN(CC(C)C)CC1. The lowest BCUT2D eigenvalue weighted by atomic mass is 10.0. The fourth-order valence-corrected chi connectivity index (χ4v) is 4.02. The molecule has 0 unspecified atom stereocenters. The van der Waals surface area contributed by atoms with E-state index in [4.69, 9.17) is 4.99 Å². The van der Waals surface area contributed by atoms with Gasteiger partial charge in [0.2, 0.25) is 0 Å². The molecule has 0 aromatic carbocycles. The Labute approximate surface area is 151 Å². The van der Waals surface area contributed by atoms with Crippen molar-refractivity contribution in [1.29, 1.82) is 0 Å². The molecule has 1 aliphatic heterocycles. The summed E-state index contributed by atoms with van der Waals surface area (Å²) < 4.78 is 0. The molecule has 0 atom stereocenters. The Morgan fingerprint density at radius 1 is 1.33 bits per heavy atom. The minimum Gasteiger partial charge on any atom is -0.357 e. The van der Waals surface area contributed by atoms with E-state index in [0.717, 1.165) is 29.1 Å². The maximum absolute atomic E-state index is 4.77. The van der Waals surface area contributed by atoms with Crippen LogP contribution in [0.1, 0.15) is 49.2 Å². The summed E-state index contributed by atoms with van der Waals surface area (Å²) in [5.74, 6) is 1.68. The first-order valence-corrected chi connectivity index (χ1v) is 9.99. The van der Waals surface area contributed by atoms with Gasteiger partial charge in [-0.3, -0.25) is 0 Å². The maximum Gasteiger partial charge on any atom is 0.191 e. The Hall–Kier alpha value is -1.14. The van der Waals surface area contributed by atoms with Crippen LogP contribution in [0.25, 0.3) is 0 Å². The molecule has 1 saturated heterocycles. The third-order valence-electron chi connectivity index (χ3n) is 4.28. The minimum atomic E-state index is 0.524. The zero-order valence-electron chi connectivity index (χ0n) is 15.9. The smallest absolute Gasteiger partial charge is 0.191 e. The second-order valence-corrected chi connectivity index (χ2v) is 8.34. The lowest BCUT2D eigenvalue weighted by Gasteiger charge is -2.34. The van der Waals surface area contributed by atoms with Crippen molar-refractivity contribution in [3.63, 3.8) is 0 Å². The molecule has 0 radical (unpaired) electrons. The van der Waals surface area contributed by atoms with Gasteiger partial charge in [-0.1, -0.05) is 13.8 Å². The fourth-order valence-electron chi connectivity index (χ4n) is 3.16. The highest BCUT2D eigenvalue weighted by atomic mass is 32.1. The highest BCUT2D eigenvalue weighted by molar-refractivity contribution is 7.11. The van der Waals surface area contributed by atoms with E-state index in [9.17, 15) is 0 Å². The van der Waals surface area contributed by atoms with E-state index in [1.165, 1.54) is 37.4 Å². The van der Waals surface area contributed by atoms with E-state index < -0.39 is 0 Å². The highest BCUT2D eigenvalue weighted by Crippen LogP contribution is 2.18. The summed E-state index contributed by atoms with van der Waals surface area (Å²) in [5.41, 5.74) is 1.11. The van der Waals surface area contributed by atoms with Crippen LogP contribution in [0.3, 0.4) is 0 Å². The number of likely N-dealkylation sites (tertiary alicyclic amines) is 1. The van der Waals surface area contributed by atoms with E-state index >= 15 is 0 Å². The summed E-state index contributed by atoms with van der Waals surface area (Å²) in [7, 11) is 0. The van der Waals surface area contributed by atoms with Gasteiger partial charge < -0.3 is 15.5 Å². The third-order valence-corrected chi connectivity index (χ3v) is 5.33. The maximum atomic E-state index is 4.77. The number of aryl methyl sites for hydroxylation is 2. The molecule has 0 aliphatic carbocycles. The van der Waals surface area contributed by atoms with Crippen molar-refractivity contribution in [2.45, 2.75) is 60.0 Å². The van der Waals surface area contributed by atoms with E-state index in [2.05, 4.69) is 55.1 Å². The van der Waals surface area contributed by atoms with Crippen molar-refractivity contribution in [3.05, 3.63) is 15.6 Å². The molecule has 2 N–H and O–H groups in total. The lowest BCUT2D eigenvalue weighted by molar-refractivity contribution is 0.187.